The summed E-state index contributed by atoms with van der Waals surface area (Å²) in [6, 6.07) is 0. The Bertz CT molecular complexity index is 389. The molecule has 0 atom stereocenters. The molecule has 0 spiro atoms. The quantitative estimate of drug-likeness (QED) is 0.144. The molecule has 0 saturated heterocycles. The minimum Gasteiger partial charge on any atom is -0.463 e. The van der Waals surface area contributed by atoms with E-state index >= 15 is 0 Å². The molecule has 0 aliphatic carbocycles. The van der Waals surface area contributed by atoms with Crippen LogP contribution in [-0.2, 0) is 9.53 Å². The van der Waals surface area contributed by atoms with Gasteiger partial charge in [0.1, 0.15) is 0 Å². The van der Waals surface area contributed by atoms with Crippen molar-refractivity contribution in [3.8, 4) is 0 Å². The molecular weight excluding hydrogens is 296 g/mol. The molecule has 24 heavy (non-hydrogen) atoms. The summed E-state index contributed by atoms with van der Waals surface area (Å²) in [6.45, 7) is 4.48. The summed E-state index contributed by atoms with van der Waals surface area (Å²) < 4.78 is 4.78. The van der Waals surface area contributed by atoms with Gasteiger partial charge < -0.3 is 4.74 Å². The van der Waals surface area contributed by atoms with Crippen molar-refractivity contribution < 1.29 is 9.53 Å². The third-order valence-corrected chi connectivity index (χ3v) is 3.68. The highest BCUT2D eigenvalue weighted by atomic mass is 16.5. The van der Waals surface area contributed by atoms with Crippen molar-refractivity contribution in [1.29, 1.82) is 0 Å². The molecule has 0 bridgehead atoms. The van der Waals surface area contributed by atoms with Gasteiger partial charge >= 0.3 is 5.97 Å². The number of unbranched alkanes of at least 4 members (excludes halogenated alkanes) is 9. The average Bonchev–Trinajstić information content (AvgIpc) is 2.58. The maximum Gasteiger partial charge on any atom is 0.330 e. The molecule has 0 unspecified atom stereocenters. The second kappa shape index (κ2) is 19.5. The summed E-state index contributed by atoms with van der Waals surface area (Å²) in [6.07, 6.45) is 28.7. The summed E-state index contributed by atoms with van der Waals surface area (Å²) in [5.41, 5.74) is 0. The Morgan fingerprint density at radius 3 is 1.88 bits per heavy atom. The SMILES string of the molecule is CCCCCCCCCCCC=CC=CC=CC=CC(=O)OCC. The van der Waals surface area contributed by atoms with Crippen LogP contribution in [0.15, 0.2) is 48.6 Å². The van der Waals surface area contributed by atoms with Gasteiger partial charge in [0.05, 0.1) is 6.61 Å². The number of carbonyl (C=O) groups is 1. The second-order valence-electron chi connectivity index (χ2n) is 5.93. The van der Waals surface area contributed by atoms with Crippen LogP contribution in [0, 0.1) is 0 Å². The molecule has 0 N–H and O–H groups in total. The van der Waals surface area contributed by atoms with Crippen molar-refractivity contribution in [3.05, 3.63) is 48.6 Å². The summed E-state index contributed by atoms with van der Waals surface area (Å²) in [4.78, 5) is 11.0. The molecular formula is C22H36O2. The lowest BCUT2D eigenvalue weighted by atomic mass is 10.1. The van der Waals surface area contributed by atoms with Crippen LogP contribution in [0.25, 0.3) is 0 Å². The van der Waals surface area contributed by atoms with E-state index in [9.17, 15) is 4.79 Å². The van der Waals surface area contributed by atoms with Crippen molar-refractivity contribution in [3.63, 3.8) is 0 Å². The third-order valence-electron chi connectivity index (χ3n) is 3.68. The fourth-order valence-electron chi connectivity index (χ4n) is 2.33. The molecule has 0 aromatic heterocycles. The van der Waals surface area contributed by atoms with E-state index in [1.165, 1.54) is 63.9 Å². The molecule has 0 aromatic rings. The number of allylic oxidation sites excluding steroid dienone is 7. The number of esters is 1. The lowest BCUT2D eigenvalue weighted by molar-refractivity contribution is -0.137. The second-order valence-corrected chi connectivity index (χ2v) is 5.93. The Balaban J connectivity index is 3.44. The van der Waals surface area contributed by atoms with E-state index in [0.717, 1.165) is 6.42 Å². The molecule has 0 saturated carbocycles. The summed E-state index contributed by atoms with van der Waals surface area (Å²) in [5.74, 6) is -0.299. The Labute approximate surface area is 149 Å². The first-order valence-electron chi connectivity index (χ1n) is 9.64. The van der Waals surface area contributed by atoms with Crippen LogP contribution in [0.4, 0.5) is 0 Å². The Morgan fingerprint density at radius 1 is 0.708 bits per heavy atom. The van der Waals surface area contributed by atoms with Gasteiger partial charge in [-0.2, -0.15) is 0 Å². The van der Waals surface area contributed by atoms with Crippen LogP contribution in [0.5, 0.6) is 0 Å². The Kier molecular flexibility index (Phi) is 18.2. The smallest absolute Gasteiger partial charge is 0.330 e. The highest BCUT2D eigenvalue weighted by molar-refractivity contribution is 5.82. The molecule has 0 aromatic carbocycles. The third kappa shape index (κ3) is 18.5. The molecule has 2 heteroatoms. The molecule has 0 amide bonds. The zero-order valence-corrected chi connectivity index (χ0v) is 15.7. The standard InChI is InChI=1S/C22H36O2/c1-3-5-6-7-8-9-10-11-12-13-14-15-16-17-18-19-20-21-22(23)24-4-2/h14-21H,3-13H2,1-2H3. The van der Waals surface area contributed by atoms with Crippen molar-refractivity contribution in [2.45, 2.75) is 78.1 Å². The molecule has 0 radical (unpaired) electrons. The topological polar surface area (TPSA) is 26.3 Å². The Morgan fingerprint density at radius 2 is 1.25 bits per heavy atom. The molecule has 0 fully saturated rings. The van der Waals surface area contributed by atoms with Gasteiger partial charge in [0, 0.05) is 6.08 Å². The van der Waals surface area contributed by atoms with Crippen LogP contribution in [-0.4, -0.2) is 12.6 Å². The first kappa shape index (κ1) is 22.4. The van der Waals surface area contributed by atoms with Gasteiger partial charge in [0.15, 0.2) is 0 Å². The van der Waals surface area contributed by atoms with Crippen molar-refractivity contribution in [2.75, 3.05) is 6.61 Å². The van der Waals surface area contributed by atoms with Crippen LogP contribution in [0.1, 0.15) is 78.1 Å². The molecule has 0 aliphatic rings. The molecule has 0 aliphatic heterocycles. The van der Waals surface area contributed by atoms with E-state index in [4.69, 9.17) is 4.74 Å². The van der Waals surface area contributed by atoms with Gasteiger partial charge in [-0.15, -0.1) is 0 Å². The van der Waals surface area contributed by atoms with Crippen LogP contribution in [0.2, 0.25) is 0 Å². The van der Waals surface area contributed by atoms with Crippen molar-refractivity contribution >= 4 is 5.97 Å². The summed E-state index contributed by atoms with van der Waals surface area (Å²) >= 11 is 0. The maximum atomic E-state index is 11.0. The van der Waals surface area contributed by atoms with Crippen molar-refractivity contribution in [2.24, 2.45) is 0 Å². The number of rotatable bonds is 15. The molecule has 2 nitrogen and oxygen atoms in total. The van der Waals surface area contributed by atoms with Gasteiger partial charge in [-0.05, 0) is 19.8 Å². The van der Waals surface area contributed by atoms with Crippen LogP contribution >= 0.6 is 0 Å². The largest absolute Gasteiger partial charge is 0.463 e. The highest BCUT2D eigenvalue weighted by Crippen LogP contribution is 2.10. The maximum absolute atomic E-state index is 11.0. The van der Waals surface area contributed by atoms with Gasteiger partial charge in [0.25, 0.3) is 0 Å². The number of hydrogen-bond donors (Lipinski definition) is 0. The normalized spacial score (nSPS) is 12.2. The van der Waals surface area contributed by atoms with Crippen molar-refractivity contribution in [1.82, 2.24) is 0 Å². The predicted octanol–water partition coefficient (Wildman–Crippen LogP) is 6.70. The highest BCUT2D eigenvalue weighted by Gasteiger charge is 1.91. The van der Waals surface area contributed by atoms with Gasteiger partial charge in [-0.3, -0.25) is 0 Å². The van der Waals surface area contributed by atoms with Gasteiger partial charge in [-0.25, -0.2) is 4.79 Å². The monoisotopic (exact) mass is 332 g/mol. The average molecular weight is 333 g/mol. The van der Waals surface area contributed by atoms with E-state index in [1.54, 1.807) is 13.0 Å². The van der Waals surface area contributed by atoms with Crippen LogP contribution < -0.4 is 0 Å². The van der Waals surface area contributed by atoms with E-state index in [2.05, 4.69) is 19.1 Å². The first-order valence-corrected chi connectivity index (χ1v) is 9.64. The molecule has 136 valence electrons. The summed E-state index contributed by atoms with van der Waals surface area (Å²) in [7, 11) is 0. The number of hydrogen-bond acceptors (Lipinski definition) is 2. The van der Waals surface area contributed by atoms with E-state index in [1.807, 2.05) is 24.3 Å². The minimum absolute atomic E-state index is 0.299. The first-order chi connectivity index (χ1) is 11.8. The van der Waals surface area contributed by atoms with E-state index in [-0.39, 0.29) is 5.97 Å². The molecule has 0 heterocycles. The number of ether oxygens (including phenoxy) is 1. The van der Waals surface area contributed by atoms with Crippen LogP contribution in [0.3, 0.4) is 0 Å². The minimum atomic E-state index is -0.299. The predicted molar refractivity (Wildman–Crippen MR) is 105 cm³/mol. The fraction of sp³-hybridized carbons (Fsp3) is 0.591. The summed E-state index contributed by atoms with van der Waals surface area (Å²) in [5, 5.41) is 0. The van der Waals surface area contributed by atoms with Gasteiger partial charge in [-0.1, -0.05) is 101 Å². The lowest BCUT2D eigenvalue weighted by Gasteiger charge is -2.00. The van der Waals surface area contributed by atoms with E-state index < -0.39 is 0 Å². The fourth-order valence-corrected chi connectivity index (χ4v) is 2.33. The molecule has 0 rings (SSSR count). The Hall–Kier alpha value is -1.57. The lowest BCUT2D eigenvalue weighted by Crippen LogP contribution is -1.98. The zero-order chi connectivity index (χ0) is 17.7. The van der Waals surface area contributed by atoms with E-state index in [0.29, 0.717) is 6.61 Å². The number of carbonyl (C=O) groups excluding carboxylic acids is 1. The zero-order valence-electron chi connectivity index (χ0n) is 15.7. The van der Waals surface area contributed by atoms with Gasteiger partial charge in [0.2, 0.25) is 0 Å².